The Morgan fingerprint density at radius 2 is 2.24 bits per heavy atom. The van der Waals surface area contributed by atoms with E-state index in [1.807, 2.05) is 7.05 Å². The van der Waals surface area contributed by atoms with Gasteiger partial charge in [0.15, 0.2) is 0 Å². The second kappa shape index (κ2) is 6.44. The van der Waals surface area contributed by atoms with E-state index in [2.05, 4.69) is 10.2 Å². The van der Waals surface area contributed by atoms with Gasteiger partial charge in [0, 0.05) is 19.1 Å². The Bertz CT molecular complexity index is 283. The molecule has 1 fully saturated rings. The SMILES string of the molecule is CCN(CC(=O)O)C(=O)NC1CCCN(C)C1. The number of carbonyl (C=O) groups is 2. The molecule has 17 heavy (non-hydrogen) atoms. The lowest BCUT2D eigenvalue weighted by atomic mass is 10.1. The van der Waals surface area contributed by atoms with Gasteiger partial charge in [0.25, 0.3) is 0 Å². The molecule has 0 aromatic carbocycles. The first-order valence-corrected chi connectivity index (χ1v) is 5.98. The summed E-state index contributed by atoms with van der Waals surface area (Å²) in [6, 6.07) is -0.153. The minimum absolute atomic E-state index is 0.129. The van der Waals surface area contributed by atoms with Crippen LogP contribution in [0.15, 0.2) is 0 Å². The van der Waals surface area contributed by atoms with Crippen molar-refractivity contribution in [2.75, 3.05) is 33.2 Å². The lowest BCUT2D eigenvalue weighted by Gasteiger charge is -2.31. The largest absolute Gasteiger partial charge is 0.480 e. The van der Waals surface area contributed by atoms with Gasteiger partial charge in [-0.15, -0.1) is 0 Å². The van der Waals surface area contributed by atoms with Crippen LogP contribution in [0.4, 0.5) is 4.79 Å². The molecule has 1 rings (SSSR count). The minimum Gasteiger partial charge on any atom is -0.480 e. The number of carboxylic acid groups (broad SMARTS) is 1. The predicted octanol–water partition coefficient (Wildman–Crippen LogP) is 0.197. The molecule has 1 heterocycles. The van der Waals surface area contributed by atoms with Crippen molar-refractivity contribution in [3.05, 3.63) is 0 Å². The minimum atomic E-state index is -0.984. The average Bonchev–Trinajstić information content (AvgIpc) is 2.25. The van der Waals surface area contributed by atoms with Crippen LogP contribution in [0.25, 0.3) is 0 Å². The highest BCUT2D eigenvalue weighted by Crippen LogP contribution is 2.08. The highest BCUT2D eigenvalue weighted by Gasteiger charge is 2.22. The zero-order valence-electron chi connectivity index (χ0n) is 10.5. The van der Waals surface area contributed by atoms with E-state index in [0.29, 0.717) is 6.54 Å². The van der Waals surface area contributed by atoms with Crippen LogP contribution >= 0.6 is 0 Å². The van der Waals surface area contributed by atoms with Crippen LogP contribution in [0.1, 0.15) is 19.8 Å². The molecular weight excluding hydrogens is 222 g/mol. The number of rotatable bonds is 4. The summed E-state index contributed by atoms with van der Waals surface area (Å²) >= 11 is 0. The molecule has 0 aromatic heterocycles. The average molecular weight is 243 g/mol. The summed E-state index contributed by atoms with van der Waals surface area (Å²) in [5.74, 6) is -0.984. The monoisotopic (exact) mass is 243 g/mol. The van der Waals surface area contributed by atoms with Crippen LogP contribution in [0.5, 0.6) is 0 Å². The van der Waals surface area contributed by atoms with Crippen LogP contribution in [0.2, 0.25) is 0 Å². The first-order chi connectivity index (χ1) is 8.02. The third-order valence-corrected chi connectivity index (χ3v) is 2.95. The number of hydrogen-bond acceptors (Lipinski definition) is 3. The Kier molecular flexibility index (Phi) is 5.21. The number of nitrogens with zero attached hydrogens (tertiary/aromatic N) is 2. The molecule has 1 unspecified atom stereocenters. The second-order valence-electron chi connectivity index (χ2n) is 4.46. The van der Waals surface area contributed by atoms with Gasteiger partial charge in [-0.3, -0.25) is 4.79 Å². The van der Waals surface area contributed by atoms with Gasteiger partial charge in [-0.25, -0.2) is 4.79 Å². The molecule has 1 saturated heterocycles. The maximum atomic E-state index is 11.8. The molecule has 0 saturated carbocycles. The molecule has 0 spiro atoms. The summed E-state index contributed by atoms with van der Waals surface area (Å²) in [6.45, 7) is 3.82. The molecule has 1 atom stereocenters. The number of hydrogen-bond donors (Lipinski definition) is 2. The van der Waals surface area contributed by atoms with E-state index < -0.39 is 5.97 Å². The van der Waals surface area contributed by atoms with E-state index in [1.165, 1.54) is 4.90 Å². The lowest BCUT2D eigenvalue weighted by Crippen LogP contribution is -2.51. The van der Waals surface area contributed by atoms with Crippen molar-refractivity contribution >= 4 is 12.0 Å². The van der Waals surface area contributed by atoms with E-state index in [0.717, 1.165) is 25.9 Å². The van der Waals surface area contributed by atoms with Crippen molar-refractivity contribution in [2.24, 2.45) is 0 Å². The summed E-state index contributed by atoms with van der Waals surface area (Å²) in [5, 5.41) is 11.6. The molecule has 1 aliphatic heterocycles. The number of amides is 2. The van der Waals surface area contributed by atoms with Gasteiger partial charge in [0.05, 0.1) is 0 Å². The number of urea groups is 1. The third kappa shape index (κ3) is 4.60. The number of piperidine rings is 1. The molecule has 6 nitrogen and oxygen atoms in total. The van der Waals surface area contributed by atoms with Gasteiger partial charge < -0.3 is 20.2 Å². The summed E-state index contributed by atoms with van der Waals surface area (Å²) < 4.78 is 0. The van der Waals surface area contributed by atoms with Crippen molar-refractivity contribution in [3.63, 3.8) is 0 Å². The molecule has 0 bridgehead atoms. The fraction of sp³-hybridized carbons (Fsp3) is 0.818. The van der Waals surface area contributed by atoms with E-state index in [9.17, 15) is 9.59 Å². The Morgan fingerprint density at radius 1 is 1.53 bits per heavy atom. The van der Waals surface area contributed by atoms with Crippen molar-refractivity contribution < 1.29 is 14.7 Å². The number of likely N-dealkylation sites (N-methyl/N-ethyl adjacent to an activating group) is 2. The van der Waals surface area contributed by atoms with Crippen LogP contribution < -0.4 is 5.32 Å². The Labute approximate surface area is 102 Å². The van der Waals surface area contributed by atoms with Crippen LogP contribution in [0, 0.1) is 0 Å². The fourth-order valence-corrected chi connectivity index (χ4v) is 2.04. The Hall–Kier alpha value is -1.30. The van der Waals surface area contributed by atoms with E-state index >= 15 is 0 Å². The van der Waals surface area contributed by atoms with E-state index in [-0.39, 0.29) is 18.6 Å². The van der Waals surface area contributed by atoms with Crippen molar-refractivity contribution in [1.82, 2.24) is 15.1 Å². The van der Waals surface area contributed by atoms with Crippen molar-refractivity contribution in [1.29, 1.82) is 0 Å². The van der Waals surface area contributed by atoms with Gasteiger partial charge in [0.2, 0.25) is 0 Å². The van der Waals surface area contributed by atoms with Crippen LogP contribution in [-0.4, -0.2) is 66.2 Å². The van der Waals surface area contributed by atoms with E-state index in [4.69, 9.17) is 5.11 Å². The van der Waals surface area contributed by atoms with E-state index in [1.54, 1.807) is 6.92 Å². The molecule has 0 radical (unpaired) electrons. The number of carbonyl (C=O) groups excluding carboxylic acids is 1. The highest BCUT2D eigenvalue weighted by atomic mass is 16.4. The lowest BCUT2D eigenvalue weighted by molar-refractivity contribution is -0.137. The zero-order valence-corrected chi connectivity index (χ0v) is 10.5. The summed E-state index contributed by atoms with van der Waals surface area (Å²) in [5.41, 5.74) is 0. The smallest absolute Gasteiger partial charge is 0.323 e. The first kappa shape index (κ1) is 13.8. The molecule has 6 heteroatoms. The standard InChI is InChI=1S/C11H21N3O3/c1-3-14(8-10(15)16)11(17)12-9-5-4-6-13(2)7-9/h9H,3-8H2,1-2H3,(H,12,17)(H,15,16). The van der Waals surface area contributed by atoms with Gasteiger partial charge >= 0.3 is 12.0 Å². The maximum absolute atomic E-state index is 11.8. The van der Waals surface area contributed by atoms with Gasteiger partial charge in [-0.05, 0) is 33.4 Å². The van der Waals surface area contributed by atoms with Gasteiger partial charge in [-0.2, -0.15) is 0 Å². The predicted molar refractivity (Wildman–Crippen MR) is 63.9 cm³/mol. The zero-order chi connectivity index (χ0) is 12.8. The molecule has 2 amide bonds. The summed E-state index contributed by atoms with van der Waals surface area (Å²) in [6.07, 6.45) is 2.02. The summed E-state index contributed by atoms with van der Waals surface area (Å²) in [7, 11) is 2.02. The molecule has 98 valence electrons. The molecular formula is C11H21N3O3. The quantitative estimate of drug-likeness (QED) is 0.739. The number of likely N-dealkylation sites (tertiary alicyclic amines) is 1. The maximum Gasteiger partial charge on any atom is 0.323 e. The Balaban J connectivity index is 2.43. The molecule has 2 N–H and O–H groups in total. The van der Waals surface area contributed by atoms with Crippen molar-refractivity contribution in [3.8, 4) is 0 Å². The fourth-order valence-electron chi connectivity index (χ4n) is 2.04. The normalized spacial score (nSPS) is 20.9. The topological polar surface area (TPSA) is 72.9 Å². The van der Waals surface area contributed by atoms with Crippen molar-refractivity contribution in [2.45, 2.75) is 25.8 Å². The highest BCUT2D eigenvalue weighted by molar-refractivity contribution is 5.80. The summed E-state index contributed by atoms with van der Waals surface area (Å²) in [4.78, 5) is 25.9. The molecule has 1 aliphatic rings. The number of carboxylic acids is 1. The third-order valence-electron chi connectivity index (χ3n) is 2.95. The van der Waals surface area contributed by atoms with Crippen LogP contribution in [0.3, 0.4) is 0 Å². The van der Waals surface area contributed by atoms with Crippen LogP contribution in [-0.2, 0) is 4.79 Å². The first-order valence-electron chi connectivity index (χ1n) is 5.98. The Morgan fingerprint density at radius 3 is 2.76 bits per heavy atom. The van der Waals surface area contributed by atoms with Gasteiger partial charge in [0.1, 0.15) is 6.54 Å². The van der Waals surface area contributed by atoms with Gasteiger partial charge in [-0.1, -0.05) is 0 Å². The number of nitrogens with one attached hydrogen (secondary N) is 1. The number of aliphatic carboxylic acids is 1. The molecule has 0 aromatic rings. The molecule has 0 aliphatic carbocycles. The second-order valence-corrected chi connectivity index (χ2v) is 4.46.